The normalized spacial score (nSPS) is 17.6. The first-order valence-electron chi connectivity index (χ1n) is 8.56. The number of phenols is 2. The molecule has 1 atom stereocenters. The summed E-state index contributed by atoms with van der Waals surface area (Å²) >= 11 is 0. The van der Waals surface area contributed by atoms with Gasteiger partial charge in [0.15, 0.2) is 0 Å². The average Bonchev–Trinajstić information content (AvgIpc) is 3.03. The van der Waals surface area contributed by atoms with Gasteiger partial charge in [-0.2, -0.15) is 0 Å². The molecule has 1 saturated heterocycles. The Balaban J connectivity index is 2.22. The van der Waals surface area contributed by atoms with E-state index in [4.69, 9.17) is 4.74 Å². The second-order valence-electron chi connectivity index (χ2n) is 7.14. The summed E-state index contributed by atoms with van der Waals surface area (Å²) in [5.41, 5.74) is 5.77. The van der Waals surface area contributed by atoms with Crippen LogP contribution in [-0.2, 0) is 4.74 Å². The number of benzene rings is 2. The Morgan fingerprint density at radius 1 is 0.875 bits per heavy atom. The highest BCUT2D eigenvalue weighted by atomic mass is 16.5. The van der Waals surface area contributed by atoms with Gasteiger partial charge in [0, 0.05) is 23.7 Å². The van der Waals surface area contributed by atoms with E-state index in [1.807, 2.05) is 52.0 Å². The molecular formula is C21H26O3. The third-order valence-corrected chi connectivity index (χ3v) is 5.06. The molecule has 1 aliphatic heterocycles. The van der Waals surface area contributed by atoms with Crippen LogP contribution in [0, 0.1) is 33.6 Å². The van der Waals surface area contributed by atoms with E-state index in [1.165, 1.54) is 0 Å². The highest BCUT2D eigenvalue weighted by molar-refractivity contribution is 5.53. The summed E-state index contributed by atoms with van der Waals surface area (Å²) in [4.78, 5) is 0. The summed E-state index contributed by atoms with van der Waals surface area (Å²) in [5, 5.41) is 21.4. The fraction of sp³-hybridized carbons (Fsp3) is 0.429. The predicted octanol–water partition coefficient (Wildman–Crippen LogP) is 4.50. The van der Waals surface area contributed by atoms with Gasteiger partial charge in [-0.25, -0.2) is 0 Å². The lowest BCUT2D eigenvalue weighted by molar-refractivity contribution is 0.182. The van der Waals surface area contributed by atoms with Gasteiger partial charge < -0.3 is 14.9 Å². The van der Waals surface area contributed by atoms with Crippen molar-refractivity contribution in [2.45, 2.75) is 40.0 Å². The van der Waals surface area contributed by atoms with Crippen LogP contribution in [0.3, 0.4) is 0 Å². The third-order valence-electron chi connectivity index (χ3n) is 5.06. The molecule has 2 N–H and O–H groups in total. The topological polar surface area (TPSA) is 49.7 Å². The van der Waals surface area contributed by atoms with Crippen LogP contribution in [0.15, 0.2) is 24.3 Å². The lowest BCUT2D eigenvalue weighted by atomic mass is 9.77. The Morgan fingerprint density at radius 2 is 1.38 bits per heavy atom. The highest BCUT2D eigenvalue weighted by Gasteiger charge is 2.33. The molecule has 1 fully saturated rings. The van der Waals surface area contributed by atoms with Gasteiger partial charge in [0.05, 0.1) is 6.61 Å². The number of hydrogen-bond donors (Lipinski definition) is 2. The van der Waals surface area contributed by atoms with Gasteiger partial charge in [-0.05, 0) is 51.2 Å². The van der Waals surface area contributed by atoms with Crippen molar-refractivity contribution < 1.29 is 14.9 Å². The summed E-state index contributed by atoms with van der Waals surface area (Å²) in [6.45, 7) is 9.32. The fourth-order valence-corrected chi connectivity index (χ4v) is 3.95. The van der Waals surface area contributed by atoms with Crippen molar-refractivity contribution in [2.24, 2.45) is 5.92 Å². The molecule has 1 heterocycles. The molecule has 3 rings (SSSR count). The van der Waals surface area contributed by atoms with Crippen LogP contribution in [-0.4, -0.2) is 23.4 Å². The van der Waals surface area contributed by atoms with Gasteiger partial charge in [0.2, 0.25) is 0 Å². The number of phenolic OH excluding ortho intramolecular Hbond substituents is 2. The van der Waals surface area contributed by atoms with Crippen molar-refractivity contribution in [3.8, 4) is 11.5 Å². The van der Waals surface area contributed by atoms with E-state index in [2.05, 4.69) is 0 Å². The van der Waals surface area contributed by atoms with Crippen molar-refractivity contribution >= 4 is 0 Å². The molecule has 128 valence electrons. The monoisotopic (exact) mass is 326 g/mol. The van der Waals surface area contributed by atoms with Crippen LogP contribution in [0.2, 0.25) is 0 Å². The quantitative estimate of drug-likeness (QED) is 0.873. The Morgan fingerprint density at radius 3 is 1.79 bits per heavy atom. The lowest BCUT2D eigenvalue weighted by Crippen LogP contribution is -2.16. The smallest absolute Gasteiger partial charge is 0.122 e. The Labute approximate surface area is 143 Å². The molecule has 1 unspecified atom stereocenters. The predicted molar refractivity (Wildman–Crippen MR) is 95.9 cm³/mol. The van der Waals surface area contributed by atoms with E-state index in [1.54, 1.807) is 0 Å². The SMILES string of the molecule is Cc1cc(C)c(O)c(C(c2cc(C)cc(C)c2O)C2CCOC2)c1. The Bertz CT molecular complexity index is 701. The summed E-state index contributed by atoms with van der Waals surface area (Å²) in [6.07, 6.45) is 0.934. The molecule has 0 bridgehead atoms. The summed E-state index contributed by atoms with van der Waals surface area (Å²) in [6, 6.07) is 8.07. The van der Waals surface area contributed by atoms with E-state index in [0.29, 0.717) is 18.1 Å². The van der Waals surface area contributed by atoms with Gasteiger partial charge in [0.1, 0.15) is 11.5 Å². The highest BCUT2D eigenvalue weighted by Crippen LogP contribution is 2.45. The van der Waals surface area contributed by atoms with Crippen LogP contribution >= 0.6 is 0 Å². The standard InChI is InChI=1S/C21H26O3/c1-12-7-14(3)20(22)17(9-12)19(16-5-6-24-11-16)18-10-13(2)8-15(4)21(18)23/h7-10,16,19,22-23H,5-6,11H2,1-4H3. The van der Waals surface area contributed by atoms with Gasteiger partial charge >= 0.3 is 0 Å². The molecule has 0 amide bonds. The number of rotatable bonds is 3. The van der Waals surface area contributed by atoms with Crippen molar-refractivity contribution in [3.63, 3.8) is 0 Å². The summed E-state index contributed by atoms with van der Waals surface area (Å²) in [5.74, 6) is 0.848. The fourth-order valence-electron chi connectivity index (χ4n) is 3.95. The largest absolute Gasteiger partial charge is 0.507 e. The third kappa shape index (κ3) is 3.01. The maximum Gasteiger partial charge on any atom is 0.122 e. The molecule has 0 saturated carbocycles. The van der Waals surface area contributed by atoms with Crippen LogP contribution in [0.4, 0.5) is 0 Å². The zero-order valence-corrected chi connectivity index (χ0v) is 14.9. The molecule has 0 aliphatic carbocycles. The second-order valence-corrected chi connectivity index (χ2v) is 7.14. The first-order chi connectivity index (χ1) is 11.4. The van der Waals surface area contributed by atoms with E-state index in [-0.39, 0.29) is 11.8 Å². The summed E-state index contributed by atoms with van der Waals surface area (Å²) in [7, 11) is 0. The lowest BCUT2D eigenvalue weighted by Gasteiger charge is -2.27. The zero-order valence-electron chi connectivity index (χ0n) is 14.9. The second kappa shape index (κ2) is 6.48. The van der Waals surface area contributed by atoms with Crippen molar-refractivity contribution in [1.82, 2.24) is 0 Å². The number of hydrogen-bond acceptors (Lipinski definition) is 3. The van der Waals surface area contributed by atoms with Crippen LogP contribution in [0.1, 0.15) is 45.7 Å². The number of ether oxygens (including phenoxy) is 1. The van der Waals surface area contributed by atoms with Crippen LogP contribution in [0.25, 0.3) is 0 Å². The van der Waals surface area contributed by atoms with Gasteiger partial charge in [-0.3, -0.25) is 0 Å². The maximum absolute atomic E-state index is 10.7. The molecule has 2 aromatic carbocycles. The number of aryl methyl sites for hydroxylation is 4. The Hall–Kier alpha value is -2.00. The maximum atomic E-state index is 10.7. The molecule has 0 spiro atoms. The first kappa shape index (κ1) is 16.8. The van der Waals surface area contributed by atoms with Crippen LogP contribution in [0.5, 0.6) is 11.5 Å². The van der Waals surface area contributed by atoms with Crippen LogP contribution < -0.4 is 0 Å². The van der Waals surface area contributed by atoms with Gasteiger partial charge in [0.25, 0.3) is 0 Å². The number of aromatic hydroxyl groups is 2. The molecule has 2 aromatic rings. The first-order valence-corrected chi connectivity index (χ1v) is 8.56. The summed E-state index contributed by atoms with van der Waals surface area (Å²) < 4.78 is 5.62. The van der Waals surface area contributed by atoms with Crippen molar-refractivity contribution in [3.05, 3.63) is 57.6 Å². The molecule has 3 nitrogen and oxygen atoms in total. The Kier molecular flexibility index (Phi) is 4.55. The minimum absolute atomic E-state index is 0.0651. The molecular weight excluding hydrogens is 300 g/mol. The minimum Gasteiger partial charge on any atom is -0.507 e. The van der Waals surface area contributed by atoms with E-state index < -0.39 is 0 Å². The van der Waals surface area contributed by atoms with Crippen molar-refractivity contribution in [1.29, 1.82) is 0 Å². The van der Waals surface area contributed by atoms with E-state index >= 15 is 0 Å². The molecule has 24 heavy (non-hydrogen) atoms. The molecule has 1 aliphatic rings. The van der Waals surface area contributed by atoms with Gasteiger partial charge in [-0.15, -0.1) is 0 Å². The van der Waals surface area contributed by atoms with E-state index in [9.17, 15) is 10.2 Å². The van der Waals surface area contributed by atoms with Crippen molar-refractivity contribution in [2.75, 3.05) is 13.2 Å². The van der Waals surface area contributed by atoms with Gasteiger partial charge in [-0.1, -0.05) is 35.4 Å². The molecule has 3 heteroatoms. The average molecular weight is 326 g/mol. The van der Waals surface area contributed by atoms with E-state index in [0.717, 1.165) is 46.4 Å². The molecule has 0 aromatic heterocycles. The molecule has 0 radical (unpaired) electrons. The minimum atomic E-state index is -0.0651. The zero-order chi connectivity index (χ0) is 17.4.